The Balaban J connectivity index is 2.31. The van der Waals surface area contributed by atoms with Crippen LogP contribution in [0.3, 0.4) is 0 Å². The van der Waals surface area contributed by atoms with Crippen LogP contribution in [-0.4, -0.2) is 28.8 Å². The number of nitrogens with two attached hydrogens (primary N) is 1. The molecular weight excluding hydrogens is 282 g/mol. The summed E-state index contributed by atoms with van der Waals surface area (Å²) >= 11 is 5.87. The van der Waals surface area contributed by atoms with Gasteiger partial charge < -0.3 is 10.6 Å². The molecule has 1 fully saturated rings. The number of halogens is 1. The minimum absolute atomic E-state index is 0.0351. The van der Waals surface area contributed by atoms with Crippen molar-refractivity contribution in [3.63, 3.8) is 0 Å². The number of nitrogen functional groups attached to an aromatic ring is 1. The third-order valence-corrected chi connectivity index (χ3v) is 3.94. The van der Waals surface area contributed by atoms with Crippen LogP contribution in [0, 0.1) is 16.0 Å². The van der Waals surface area contributed by atoms with Gasteiger partial charge in [-0.1, -0.05) is 18.5 Å². The maximum Gasteiger partial charge on any atom is 0.271 e. The lowest BCUT2D eigenvalue weighted by molar-refractivity contribution is -0.384. The number of hydrogen-bond donors (Lipinski definition) is 1. The van der Waals surface area contributed by atoms with Crippen LogP contribution in [0.1, 0.15) is 30.1 Å². The van der Waals surface area contributed by atoms with E-state index >= 15 is 0 Å². The second-order valence-electron chi connectivity index (χ2n) is 5.12. The number of hydrogen-bond acceptors (Lipinski definition) is 4. The van der Waals surface area contributed by atoms with Crippen molar-refractivity contribution in [2.75, 3.05) is 18.8 Å². The Morgan fingerprint density at radius 2 is 2.05 bits per heavy atom. The summed E-state index contributed by atoms with van der Waals surface area (Å²) < 4.78 is 0. The summed E-state index contributed by atoms with van der Waals surface area (Å²) in [5.41, 5.74) is 5.77. The lowest BCUT2D eigenvalue weighted by Crippen LogP contribution is -2.38. The fourth-order valence-corrected chi connectivity index (χ4v) is 2.48. The molecule has 0 atom stereocenters. The number of anilines is 1. The Labute approximate surface area is 121 Å². The highest BCUT2D eigenvalue weighted by Crippen LogP contribution is 2.30. The SMILES string of the molecule is CC1CCN(C(=O)c2cc([N+](=O)[O-])cc(Cl)c2N)CC1. The van der Waals surface area contributed by atoms with Gasteiger partial charge in [0.2, 0.25) is 0 Å². The number of rotatable bonds is 2. The molecule has 1 aromatic rings. The van der Waals surface area contributed by atoms with Gasteiger partial charge in [-0.15, -0.1) is 0 Å². The molecule has 1 aliphatic rings. The van der Waals surface area contributed by atoms with Crippen molar-refractivity contribution in [2.24, 2.45) is 5.92 Å². The van der Waals surface area contributed by atoms with Crippen LogP contribution in [0.2, 0.25) is 5.02 Å². The second-order valence-corrected chi connectivity index (χ2v) is 5.53. The molecule has 108 valence electrons. The summed E-state index contributed by atoms with van der Waals surface area (Å²) in [7, 11) is 0. The highest BCUT2D eigenvalue weighted by molar-refractivity contribution is 6.34. The zero-order chi connectivity index (χ0) is 14.9. The van der Waals surface area contributed by atoms with Crippen LogP contribution in [0.15, 0.2) is 12.1 Å². The van der Waals surface area contributed by atoms with E-state index < -0.39 is 4.92 Å². The lowest BCUT2D eigenvalue weighted by atomic mass is 9.98. The minimum atomic E-state index is -0.583. The topological polar surface area (TPSA) is 89.5 Å². The number of amides is 1. The average molecular weight is 298 g/mol. The normalized spacial score (nSPS) is 16.2. The van der Waals surface area contributed by atoms with Crippen molar-refractivity contribution in [3.8, 4) is 0 Å². The van der Waals surface area contributed by atoms with E-state index in [4.69, 9.17) is 17.3 Å². The molecule has 7 heteroatoms. The number of nitro groups is 1. The van der Waals surface area contributed by atoms with E-state index in [1.807, 2.05) is 0 Å². The predicted molar refractivity (Wildman–Crippen MR) is 76.8 cm³/mol. The monoisotopic (exact) mass is 297 g/mol. The number of likely N-dealkylation sites (tertiary alicyclic amines) is 1. The van der Waals surface area contributed by atoms with Gasteiger partial charge in [-0.25, -0.2) is 0 Å². The van der Waals surface area contributed by atoms with Gasteiger partial charge in [0.25, 0.3) is 11.6 Å². The average Bonchev–Trinajstić information content (AvgIpc) is 2.41. The Morgan fingerprint density at radius 3 is 2.60 bits per heavy atom. The molecule has 2 rings (SSSR count). The molecule has 0 spiro atoms. The fraction of sp³-hybridized carbons (Fsp3) is 0.462. The summed E-state index contributed by atoms with van der Waals surface area (Å²) in [6.45, 7) is 3.42. The number of benzene rings is 1. The number of piperidine rings is 1. The molecule has 1 amide bonds. The number of non-ortho nitro benzene ring substituents is 1. The maximum absolute atomic E-state index is 12.4. The molecule has 0 saturated carbocycles. The molecule has 0 radical (unpaired) electrons. The Bertz CT molecular complexity index is 554. The molecular formula is C13H16ClN3O3. The van der Waals surface area contributed by atoms with E-state index in [0.717, 1.165) is 18.9 Å². The smallest absolute Gasteiger partial charge is 0.271 e. The van der Waals surface area contributed by atoms with E-state index in [9.17, 15) is 14.9 Å². The fourth-order valence-electron chi connectivity index (χ4n) is 2.27. The van der Waals surface area contributed by atoms with Crippen LogP contribution >= 0.6 is 11.6 Å². The largest absolute Gasteiger partial charge is 0.397 e. The van der Waals surface area contributed by atoms with Gasteiger partial charge in [0.15, 0.2) is 0 Å². The van der Waals surface area contributed by atoms with Gasteiger partial charge in [-0.05, 0) is 18.8 Å². The molecule has 1 heterocycles. The lowest BCUT2D eigenvalue weighted by Gasteiger charge is -2.30. The van der Waals surface area contributed by atoms with E-state index in [1.165, 1.54) is 6.07 Å². The molecule has 0 bridgehead atoms. The quantitative estimate of drug-likeness (QED) is 0.516. The molecule has 1 aromatic carbocycles. The first-order chi connectivity index (χ1) is 9.40. The highest BCUT2D eigenvalue weighted by atomic mass is 35.5. The molecule has 0 aliphatic carbocycles. The first-order valence-electron chi connectivity index (χ1n) is 6.43. The van der Waals surface area contributed by atoms with E-state index in [2.05, 4.69) is 6.92 Å². The number of nitrogens with zero attached hydrogens (tertiary/aromatic N) is 2. The van der Waals surface area contributed by atoms with Gasteiger partial charge in [0, 0.05) is 25.2 Å². The van der Waals surface area contributed by atoms with Gasteiger partial charge in [0.1, 0.15) is 0 Å². The predicted octanol–water partition coefficient (Wildman–Crippen LogP) is 2.70. The molecule has 6 nitrogen and oxygen atoms in total. The maximum atomic E-state index is 12.4. The molecule has 0 aromatic heterocycles. The van der Waals surface area contributed by atoms with Crippen molar-refractivity contribution in [1.29, 1.82) is 0 Å². The van der Waals surface area contributed by atoms with E-state index in [-0.39, 0.29) is 27.9 Å². The molecule has 1 saturated heterocycles. The first kappa shape index (κ1) is 14.6. The zero-order valence-corrected chi connectivity index (χ0v) is 11.9. The first-order valence-corrected chi connectivity index (χ1v) is 6.80. The van der Waals surface area contributed by atoms with Gasteiger partial charge >= 0.3 is 0 Å². The second kappa shape index (κ2) is 5.66. The Morgan fingerprint density at radius 1 is 1.45 bits per heavy atom. The third-order valence-electron chi connectivity index (χ3n) is 3.63. The van der Waals surface area contributed by atoms with Crippen LogP contribution in [-0.2, 0) is 0 Å². The summed E-state index contributed by atoms with van der Waals surface area (Å²) in [4.78, 5) is 24.3. The third kappa shape index (κ3) is 2.85. The van der Waals surface area contributed by atoms with Crippen molar-refractivity contribution < 1.29 is 9.72 Å². The summed E-state index contributed by atoms with van der Waals surface area (Å²) in [6.07, 6.45) is 1.85. The van der Waals surface area contributed by atoms with Crippen LogP contribution in [0.25, 0.3) is 0 Å². The van der Waals surface area contributed by atoms with Gasteiger partial charge in [-0.2, -0.15) is 0 Å². The van der Waals surface area contributed by atoms with Crippen LogP contribution in [0.5, 0.6) is 0 Å². The van der Waals surface area contributed by atoms with E-state index in [0.29, 0.717) is 19.0 Å². The van der Waals surface area contributed by atoms with Crippen LogP contribution in [0.4, 0.5) is 11.4 Å². The van der Waals surface area contributed by atoms with Crippen molar-refractivity contribution in [3.05, 3.63) is 32.8 Å². The summed E-state index contributed by atoms with van der Waals surface area (Å²) in [6, 6.07) is 2.35. The standard InChI is InChI=1S/C13H16ClN3O3/c1-8-2-4-16(5-3-8)13(18)10-6-9(17(19)20)7-11(14)12(10)15/h6-8H,2-5,15H2,1H3. The number of carbonyl (C=O) groups is 1. The van der Waals surface area contributed by atoms with Crippen molar-refractivity contribution >= 4 is 28.9 Å². The summed E-state index contributed by atoms with van der Waals surface area (Å²) in [5, 5.41) is 10.9. The Hall–Kier alpha value is -1.82. The summed E-state index contributed by atoms with van der Waals surface area (Å²) in [5.74, 6) is 0.296. The van der Waals surface area contributed by atoms with Crippen molar-refractivity contribution in [2.45, 2.75) is 19.8 Å². The van der Waals surface area contributed by atoms with Crippen molar-refractivity contribution in [1.82, 2.24) is 4.90 Å². The number of nitro benzene ring substituents is 1. The van der Waals surface area contributed by atoms with Crippen LogP contribution < -0.4 is 5.73 Å². The van der Waals surface area contributed by atoms with Gasteiger partial charge in [0.05, 0.1) is 21.2 Å². The van der Waals surface area contributed by atoms with Gasteiger partial charge in [-0.3, -0.25) is 14.9 Å². The molecule has 2 N–H and O–H groups in total. The highest BCUT2D eigenvalue weighted by Gasteiger charge is 2.25. The molecule has 1 aliphatic heterocycles. The number of carbonyl (C=O) groups excluding carboxylic acids is 1. The zero-order valence-electron chi connectivity index (χ0n) is 11.1. The van der Waals surface area contributed by atoms with E-state index in [1.54, 1.807) is 4.90 Å². The Kier molecular flexibility index (Phi) is 4.13. The minimum Gasteiger partial charge on any atom is -0.397 e. The molecule has 0 unspecified atom stereocenters. The molecule has 20 heavy (non-hydrogen) atoms.